The average molecular weight is 432 g/mol. The first kappa shape index (κ1) is 21.4. The van der Waals surface area contributed by atoms with E-state index >= 15 is 0 Å². The summed E-state index contributed by atoms with van der Waals surface area (Å²) in [7, 11) is 2.12. The summed E-state index contributed by atoms with van der Waals surface area (Å²) in [5.74, 6) is 0. The molecule has 0 radical (unpaired) electrons. The number of fused-ring (bicyclic) bond motifs is 2. The van der Waals surface area contributed by atoms with E-state index in [4.69, 9.17) is 20.1 Å². The number of carbonyl (C=O) groups is 1. The predicted molar refractivity (Wildman–Crippen MR) is 123 cm³/mol. The lowest BCUT2D eigenvalue weighted by atomic mass is 10.1. The highest BCUT2D eigenvalue weighted by Crippen LogP contribution is 2.26. The van der Waals surface area contributed by atoms with Crippen molar-refractivity contribution in [3.63, 3.8) is 0 Å². The Hall–Kier alpha value is -3.85. The van der Waals surface area contributed by atoms with Crippen LogP contribution in [0.15, 0.2) is 47.0 Å². The molecule has 1 aliphatic rings. The molecule has 5 rings (SSSR count). The van der Waals surface area contributed by atoms with Crippen LogP contribution in [0.3, 0.4) is 0 Å². The van der Waals surface area contributed by atoms with Crippen molar-refractivity contribution in [3.05, 3.63) is 48.3 Å². The summed E-state index contributed by atoms with van der Waals surface area (Å²) in [5, 5.41) is 0. The summed E-state index contributed by atoms with van der Waals surface area (Å²) in [5.41, 5.74) is 12.3. The maximum Gasteiger partial charge on any atom is 0.293 e. The maximum absolute atomic E-state index is 9.18. The van der Waals surface area contributed by atoms with E-state index < -0.39 is 0 Å². The zero-order chi connectivity index (χ0) is 22.5. The predicted octanol–water partition coefficient (Wildman–Crippen LogP) is 3.31. The molecular formula is C23H24N6O3. The molecular weight excluding hydrogens is 408 g/mol. The van der Waals surface area contributed by atoms with Crippen LogP contribution in [0.5, 0.6) is 0 Å². The van der Waals surface area contributed by atoms with E-state index in [1.54, 1.807) is 6.92 Å². The third-order valence-corrected chi connectivity index (χ3v) is 5.08. The largest absolute Gasteiger partial charge is 0.468 e. The van der Waals surface area contributed by atoms with Crippen molar-refractivity contribution in [2.24, 2.45) is 0 Å². The van der Waals surface area contributed by atoms with Crippen molar-refractivity contribution in [1.29, 1.82) is 0 Å². The van der Waals surface area contributed by atoms with Crippen molar-refractivity contribution < 1.29 is 13.9 Å². The van der Waals surface area contributed by atoms with E-state index in [0.29, 0.717) is 29.8 Å². The first-order chi connectivity index (χ1) is 15.6. The van der Waals surface area contributed by atoms with Crippen molar-refractivity contribution in [3.8, 4) is 11.3 Å². The second-order valence-corrected chi connectivity index (χ2v) is 7.32. The van der Waals surface area contributed by atoms with E-state index in [2.05, 4.69) is 32.7 Å². The molecule has 0 saturated carbocycles. The second kappa shape index (κ2) is 9.52. The van der Waals surface area contributed by atoms with Gasteiger partial charge in [-0.25, -0.2) is 9.97 Å². The molecule has 0 spiro atoms. The van der Waals surface area contributed by atoms with E-state index in [9.17, 15) is 4.79 Å². The number of pyridine rings is 1. The first-order valence-electron chi connectivity index (χ1n) is 10.3. The van der Waals surface area contributed by atoms with Gasteiger partial charge in [-0.05, 0) is 56.3 Å². The Morgan fingerprint density at radius 2 is 2.00 bits per heavy atom. The van der Waals surface area contributed by atoms with Crippen LogP contribution < -0.4 is 5.73 Å². The van der Waals surface area contributed by atoms with Gasteiger partial charge in [0.15, 0.2) is 11.2 Å². The number of oxazole rings is 1. The Morgan fingerprint density at radius 1 is 1.16 bits per heavy atom. The molecule has 164 valence electrons. The molecule has 3 aromatic heterocycles. The smallest absolute Gasteiger partial charge is 0.293 e. The van der Waals surface area contributed by atoms with E-state index in [1.165, 1.54) is 5.57 Å². The minimum absolute atomic E-state index is 0.163. The van der Waals surface area contributed by atoms with Crippen LogP contribution in [-0.4, -0.2) is 58.1 Å². The highest BCUT2D eigenvalue weighted by molar-refractivity contribution is 5.82. The number of likely N-dealkylation sites (N-methyl/N-ethyl adjacent to an activating group) is 1. The Morgan fingerprint density at radius 3 is 2.72 bits per heavy atom. The Kier molecular flexibility index (Phi) is 6.37. The fraction of sp³-hybridized carbons (Fsp3) is 0.261. The van der Waals surface area contributed by atoms with Gasteiger partial charge in [0.05, 0.1) is 24.2 Å². The number of nitrogens with zero attached hydrogens (tertiary/aromatic N) is 5. The number of benzene rings is 1. The molecule has 0 unspecified atom stereocenters. The molecule has 0 aliphatic carbocycles. The molecule has 0 saturated heterocycles. The number of hydrogen-bond donors (Lipinski definition) is 1. The van der Waals surface area contributed by atoms with E-state index in [1.807, 2.05) is 36.5 Å². The Labute approximate surface area is 184 Å². The summed E-state index contributed by atoms with van der Waals surface area (Å²) in [4.78, 5) is 29.7. The van der Waals surface area contributed by atoms with Gasteiger partial charge in [-0.1, -0.05) is 6.08 Å². The summed E-state index contributed by atoms with van der Waals surface area (Å²) >= 11 is 0. The molecule has 1 aromatic carbocycles. The summed E-state index contributed by atoms with van der Waals surface area (Å²) in [6.45, 7) is 4.63. The number of nitrogens with two attached hydrogens (primary N) is 1. The van der Waals surface area contributed by atoms with E-state index in [-0.39, 0.29) is 6.01 Å². The molecule has 4 heterocycles. The van der Waals surface area contributed by atoms with Crippen molar-refractivity contribution in [2.75, 3.05) is 32.5 Å². The molecule has 0 atom stereocenters. The van der Waals surface area contributed by atoms with Crippen molar-refractivity contribution in [1.82, 2.24) is 24.8 Å². The zero-order valence-electron chi connectivity index (χ0n) is 18.0. The Balaban J connectivity index is 0.000000444. The SMILES string of the molecule is CCOC=O.CN1CC=C(c2cnc3ccc(-c4ccc5oc(N)nc5c4)nc3n2)CC1. The van der Waals surface area contributed by atoms with Gasteiger partial charge in [0.2, 0.25) is 0 Å². The number of anilines is 1. The normalized spacial score (nSPS) is 14.0. The van der Waals surface area contributed by atoms with Gasteiger partial charge in [-0.3, -0.25) is 9.78 Å². The van der Waals surface area contributed by atoms with Crippen molar-refractivity contribution >= 4 is 40.3 Å². The van der Waals surface area contributed by atoms with Crippen LogP contribution in [0.1, 0.15) is 19.0 Å². The van der Waals surface area contributed by atoms with Crippen LogP contribution in [-0.2, 0) is 9.53 Å². The Bertz CT molecular complexity index is 1280. The summed E-state index contributed by atoms with van der Waals surface area (Å²) in [6.07, 6.45) is 5.03. The molecule has 9 nitrogen and oxygen atoms in total. The second-order valence-electron chi connectivity index (χ2n) is 7.32. The number of hydrogen-bond acceptors (Lipinski definition) is 9. The van der Waals surface area contributed by atoms with Crippen LogP contribution in [0, 0.1) is 0 Å². The van der Waals surface area contributed by atoms with Crippen LogP contribution in [0.4, 0.5) is 6.01 Å². The lowest BCUT2D eigenvalue weighted by Crippen LogP contribution is -2.23. The fourth-order valence-corrected chi connectivity index (χ4v) is 3.39. The third kappa shape index (κ3) is 4.73. The number of rotatable bonds is 4. The highest BCUT2D eigenvalue weighted by Gasteiger charge is 2.13. The standard InChI is InChI=1S/C20H18N6O.C3H6O2/c1-26-8-6-12(7-9-26)17-11-22-15-4-3-14(23-19(15)24-17)13-2-5-18-16(10-13)25-20(21)27-18;1-2-5-3-4/h2-6,10-11H,7-9H2,1H3,(H2,21,25);3H,2H2,1H3. The number of aromatic nitrogens is 4. The van der Waals surface area contributed by atoms with Crippen LogP contribution in [0.25, 0.3) is 39.1 Å². The van der Waals surface area contributed by atoms with Gasteiger partial charge < -0.3 is 19.8 Å². The van der Waals surface area contributed by atoms with Crippen LogP contribution >= 0.6 is 0 Å². The molecule has 32 heavy (non-hydrogen) atoms. The third-order valence-electron chi connectivity index (χ3n) is 5.08. The van der Waals surface area contributed by atoms with Gasteiger partial charge in [0.25, 0.3) is 12.5 Å². The van der Waals surface area contributed by atoms with Gasteiger partial charge in [-0.15, -0.1) is 0 Å². The fourth-order valence-electron chi connectivity index (χ4n) is 3.39. The summed E-state index contributed by atoms with van der Waals surface area (Å²) < 4.78 is 9.49. The van der Waals surface area contributed by atoms with Crippen LogP contribution in [0.2, 0.25) is 0 Å². The lowest BCUT2D eigenvalue weighted by Gasteiger charge is -2.21. The quantitative estimate of drug-likeness (QED) is 0.484. The van der Waals surface area contributed by atoms with Gasteiger partial charge in [0.1, 0.15) is 11.0 Å². The molecule has 2 N–H and O–H groups in total. The van der Waals surface area contributed by atoms with Gasteiger partial charge in [0, 0.05) is 18.7 Å². The molecule has 0 amide bonds. The number of nitrogen functional groups attached to an aromatic ring is 1. The summed E-state index contributed by atoms with van der Waals surface area (Å²) in [6, 6.07) is 9.76. The lowest BCUT2D eigenvalue weighted by molar-refractivity contribution is -0.128. The monoisotopic (exact) mass is 432 g/mol. The highest BCUT2D eigenvalue weighted by atomic mass is 16.5. The topological polar surface area (TPSA) is 120 Å². The average Bonchev–Trinajstić information content (AvgIpc) is 3.19. The molecule has 4 aromatic rings. The number of carbonyl (C=O) groups excluding carboxylic acids is 1. The molecule has 0 bridgehead atoms. The first-order valence-corrected chi connectivity index (χ1v) is 10.3. The van der Waals surface area contributed by atoms with Crippen molar-refractivity contribution in [2.45, 2.75) is 13.3 Å². The minimum atomic E-state index is 0.163. The zero-order valence-corrected chi connectivity index (χ0v) is 18.0. The molecule has 0 fully saturated rings. The van der Waals surface area contributed by atoms with E-state index in [0.717, 1.165) is 42.0 Å². The van der Waals surface area contributed by atoms with Gasteiger partial charge in [-0.2, -0.15) is 4.98 Å². The molecule has 1 aliphatic heterocycles. The minimum Gasteiger partial charge on any atom is -0.468 e. The maximum atomic E-state index is 9.18. The van der Waals surface area contributed by atoms with Gasteiger partial charge >= 0.3 is 0 Å². The molecule has 9 heteroatoms. The number of ether oxygens (including phenoxy) is 1.